The van der Waals surface area contributed by atoms with Crippen molar-refractivity contribution in [1.29, 1.82) is 0 Å². The summed E-state index contributed by atoms with van der Waals surface area (Å²) in [4.78, 5) is 20.4. The molecule has 0 bridgehead atoms. The van der Waals surface area contributed by atoms with Crippen molar-refractivity contribution in [1.82, 2.24) is 14.7 Å². The highest BCUT2D eigenvalue weighted by Crippen LogP contribution is 2.14. The van der Waals surface area contributed by atoms with Crippen LogP contribution in [0.25, 0.3) is 23.2 Å². The van der Waals surface area contributed by atoms with Gasteiger partial charge in [-0.3, -0.25) is 0 Å². The Morgan fingerprint density at radius 1 is 1.28 bits per heavy atom. The molecule has 0 atom stereocenters. The molecule has 2 aromatic heterocycles. The largest absolute Gasteiger partial charge is 0.805 e. The van der Waals surface area contributed by atoms with Crippen molar-refractivity contribution in [3.63, 3.8) is 0 Å². The first-order chi connectivity index (χ1) is 11.9. The van der Waals surface area contributed by atoms with Crippen LogP contribution in [0, 0.1) is 16.0 Å². The maximum absolute atomic E-state index is 12.4. The third-order valence-corrected chi connectivity index (χ3v) is 3.68. The first-order valence-corrected chi connectivity index (χ1v) is 8.00. The smallest absolute Gasteiger partial charge is 0.286 e. The highest BCUT2D eigenvalue weighted by Gasteiger charge is 2.09. The number of anilines is 1. The average molecular weight is 337 g/mol. The molecule has 0 amide bonds. The zero-order valence-corrected chi connectivity index (χ0v) is 14.1. The van der Waals surface area contributed by atoms with Crippen LogP contribution in [0.15, 0.2) is 36.5 Å². The molecule has 2 N–H and O–H groups in total. The van der Waals surface area contributed by atoms with Gasteiger partial charge in [0.2, 0.25) is 5.95 Å². The van der Waals surface area contributed by atoms with Gasteiger partial charge in [0.1, 0.15) is 11.2 Å². The van der Waals surface area contributed by atoms with Crippen LogP contribution in [0.1, 0.15) is 30.9 Å². The van der Waals surface area contributed by atoms with E-state index < -0.39 is 0 Å². The maximum atomic E-state index is 12.4. The van der Waals surface area contributed by atoms with Crippen molar-refractivity contribution < 1.29 is 4.43 Å². The van der Waals surface area contributed by atoms with Crippen LogP contribution in [0.3, 0.4) is 0 Å². The Morgan fingerprint density at radius 3 is 2.80 bits per heavy atom. The quantitative estimate of drug-likeness (QED) is 0.737. The molecule has 0 radical (unpaired) electrons. The lowest BCUT2D eigenvalue weighted by atomic mass is 10.1. The summed E-state index contributed by atoms with van der Waals surface area (Å²) in [6.45, 7) is 4.19. The van der Waals surface area contributed by atoms with Gasteiger partial charge < -0.3 is 15.7 Å². The molecule has 1 aromatic carbocycles. The molecule has 25 heavy (non-hydrogen) atoms. The van der Waals surface area contributed by atoms with Gasteiger partial charge in [-0.1, -0.05) is 26.0 Å². The average Bonchev–Trinajstić information content (AvgIpc) is 2.56. The summed E-state index contributed by atoms with van der Waals surface area (Å²) in [6, 6.07) is 8.47. The minimum atomic E-state index is 0.185. The zero-order valence-electron chi connectivity index (χ0n) is 14.1. The molecule has 0 aliphatic carbocycles. The second-order valence-corrected chi connectivity index (χ2v) is 6.24. The molecule has 0 aliphatic rings. The van der Waals surface area contributed by atoms with Crippen molar-refractivity contribution in [2.75, 3.05) is 5.73 Å². The predicted molar refractivity (Wildman–Crippen MR) is 98.0 cm³/mol. The van der Waals surface area contributed by atoms with E-state index in [-0.39, 0.29) is 11.6 Å². The highest BCUT2D eigenvalue weighted by atomic mass is 16.5. The fourth-order valence-corrected chi connectivity index (χ4v) is 2.63. The summed E-state index contributed by atoms with van der Waals surface area (Å²) in [6.07, 6.45) is 5.23. The summed E-state index contributed by atoms with van der Waals surface area (Å²) in [5.74, 6) is 0.625. The van der Waals surface area contributed by atoms with Crippen LogP contribution in [-0.2, 0) is 6.42 Å². The van der Waals surface area contributed by atoms with Gasteiger partial charge in [-0.15, -0.1) is 0 Å². The molecule has 3 rings (SSSR count). The molecule has 0 saturated heterocycles. The van der Waals surface area contributed by atoms with E-state index in [9.17, 15) is 10.1 Å². The predicted octanol–water partition coefficient (Wildman–Crippen LogP) is 2.64. The molecule has 0 fully saturated rings. The van der Waals surface area contributed by atoms with E-state index in [0.717, 1.165) is 16.8 Å². The van der Waals surface area contributed by atoms with Crippen LogP contribution in [-0.4, -0.2) is 14.7 Å². The summed E-state index contributed by atoms with van der Waals surface area (Å²) in [5, 5.41) is 12.4. The minimum Gasteiger partial charge on any atom is -0.805 e. The number of aromatic nitrogens is 4. The first kappa shape index (κ1) is 16.6. The Bertz CT molecular complexity index is 1010. The Hall–Kier alpha value is -3.22. The van der Waals surface area contributed by atoms with Crippen molar-refractivity contribution in [2.45, 2.75) is 20.3 Å². The molecule has 0 saturated carbocycles. The number of hydrogen-bond acceptors (Lipinski definition) is 5. The number of nitrogens with zero attached hydrogens (tertiary/aromatic N) is 4. The van der Waals surface area contributed by atoms with E-state index in [1.165, 1.54) is 6.20 Å². The summed E-state index contributed by atoms with van der Waals surface area (Å²) in [5.41, 5.74) is 8.04. The lowest BCUT2D eigenvalue weighted by Gasteiger charge is -2.14. The van der Waals surface area contributed by atoms with Crippen LogP contribution < -0.4 is 10.2 Å². The molecule has 0 unspecified atom stereocenters. The molecule has 128 valence electrons. The summed E-state index contributed by atoms with van der Waals surface area (Å²) < 4.78 is 1.40. The topological polar surface area (TPSA) is 103 Å². The van der Waals surface area contributed by atoms with Gasteiger partial charge in [-0.05, 0) is 36.6 Å². The van der Waals surface area contributed by atoms with E-state index in [1.807, 2.05) is 6.07 Å². The van der Waals surface area contributed by atoms with Gasteiger partial charge in [0.05, 0.1) is 10.1 Å². The molecular weight excluding hydrogens is 318 g/mol. The molecule has 3 aromatic rings. The van der Waals surface area contributed by atoms with E-state index >= 15 is 0 Å². The second kappa shape index (κ2) is 6.72. The van der Waals surface area contributed by atoms with Crippen LogP contribution in [0.4, 0.5) is 5.95 Å². The van der Waals surface area contributed by atoms with Gasteiger partial charge in [0.25, 0.3) is 11.7 Å². The lowest BCUT2D eigenvalue weighted by molar-refractivity contribution is -0.464. The molecule has 0 aliphatic heterocycles. The van der Waals surface area contributed by atoms with Crippen molar-refractivity contribution in [3.8, 4) is 0 Å². The monoisotopic (exact) mass is 337 g/mol. The van der Waals surface area contributed by atoms with E-state index in [4.69, 9.17) is 5.73 Å². The molecule has 7 heteroatoms. The van der Waals surface area contributed by atoms with Gasteiger partial charge in [-0.2, -0.15) is 0 Å². The summed E-state index contributed by atoms with van der Waals surface area (Å²) >= 11 is 0. The number of rotatable bonds is 4. The van der Waals surface area contributed by atoms with E-state index in [2.05, 4.69) is 23.8 Å². The Balaban J connectivity index is 2.00. The minimum absolute atomic E-state index is 0.185. The number of nitrogens with two attached hydrogens (primary N) is 1. The lowest BCUT2D eigenvalue weighted by Crippen LogP contribution is -2.18. The third-order valence-electron chi connectivity index (χ3n) is 3.68. The molecular formula is C18H19N5O2. The number of fused-ring (bicyclic) bond motifs is 1. The Morgan fingerprint density at radius 2 is 2.04 bits per heavy atom. The zero-order chi connectivity index (χ0) is 18.0. The van der Waals surface area contributed by atoms with Gasteiger partial charge in [-0.25, -0.2) is 9.97 Å². The number of hydrogen-bond donors (Lipinski definition) is 1. The number of benzene rings is 1. The van der Waals surface area contributed by atoms with Crippen LogP contribution >= 0.6 is 0 Å². The van der Waals surface area contributed by atoms with Crippen molar-refractivity contribution in [2.24, 2.45) is 5.92 Å². The van der Waals surface area contributed by atoms with Crippen molar-refractivity contribution in [3.05, 3.63) is 63.7 Å². The van der Waals surface area contributed by atoms with E-state index in [1.54, 1.807) is 36.4 Å². The number of nitrogen functional groups attached to an aromatic ring is 1. The standard InChI is InChI=1S/C18H19N5O2/c1-12(2)9-14-10-13(20-18(19)21-14)7-8-15-11-22(24)16-5-3-4-6-17(16)23(15)25/h3-8,10-12H,9H2,1-2H3,(H2,19,20,21)/b8-7+. The third kappa shape index (κ3) is 3.65. The number of para-hydroxylation sites is 2. The fraction of sp³-hybridized carbons (Fsp3) is 0.222. The van der Waals surface area contributed by atoms with E-state index in [0.29, 0.717) is 27.1 Å². The highest BCUT2D eigenvalue weighted by molar-refractivity contribution is 5.75. The molecule has 2 heterocycles. The van der Waals surface area contributed by atoms with Crippen LogP contribution in [0.5, 0.6) is 0 Å². The maximum Gasteiger partial charge on any atom is 0.286 e. The first-order valence-electron chi connectivity index (χ1n) is 8.00. The molecule has 0 spiro atoms. The normalized spacial score (nSPS) is 11.6. The van der Waals surface area contributed by atoms with Gasteiger partial charge in [0, 0.05) is 16.7 Å². The Kier molecular flexibility index (Phi) is 4.47. The molecule has 7 nitrogen and oxygen atoms in total. The fourth-order valence-electron chi connectivity index (χ4n) is 2.63. The SMILES string of the molecule is CC(C)Cc1cc(/C=C/c2c[n+](=O)c3ccccc3n2[O-])nc(N)n1. The van der Waals surface area contributed by atoms with Crippen molar-refractivity contribution >= 4 is 29.1 Å². The van der Waals surface area contributed by atoms with Gasteiger partial charge in [0.15, 0.2) is 0 Å². The Labute approximate surface area is 144 Å². The second-order valence-electron chi connectivity index (χ2n) is 6.24. The summed E-state index contributed by atoms with van der Waals surface area (Å²) in [7, 11) is 0. The van der Waals surface area contributed by atoms with Crippen LogP contribution in [0.2, 0.25) is 0 Å². The van der Waals surface area contributed by atoms with Gasteiger partial charge >= 0.3 is 0 Å².